The van der Waals surface area contributed by atoms with Crippen molar-refractivity contribution in [2.24, 2.45) is 22.7 Å². The Morgan fingerprint density at radius 3 is 2.39 bits per heavy atom. The van der Waals surface area contributed by atoms with Crippen LogP contribution in [0.1, 0.15) is 40.5 Å². The summed E-state index contributed by atoms with van der Waals surface area (Å²) in [5.74, 6) is 0.212. The molecular formula is C15H24O3. The molecule has 1 spiro atoms. The molecule has 6 unspecified atom stereocenters. The second kappa shape index (κ2) is 3.38. The zero-order chi connectivity index (χ0) is 13.5. The maximum absolute atomic E-state index is 10.6. The average Bonchev–Trinajstić information content (AvgIpc) is 2.60. The van der Waals surface area contributed by atoms with Crippen molar-refractivity contribution in [3.63, 3.8) is 0 Å². The van der Waals surface area contributed by atoms with Crippen LogP contribution in [0, 0.1) is 22.7 Å². The molecule has 2 fully saturated rings. The minimum absolute atomic E-state index is 0.0564. The van der Waals surface area contributed by atoms with Gasteiger partial charge in [-0.15, -0.1) is 0 Å². The van der Waals surface area contributed by atoms with Crippen LogP contribution in [-0.4, -0.2) is 33.6 Å². The molecule has 0 amide bonds. The van der Waals surface area contributed by atoms with Crippen LogP contribution in [0.25, 0.3) is 0 Å². The van der Waals surface area contributed by atoms with Crippen molar-refractivity contribution in [1.82, 2.24) is 0 Å². The largest absolute Gasteiger partial charge is 0.393 e. The van der Waals surface area contributed by atoms with Crippen molar-refractivity contribution < 1.29 is 15.3 Å². The molecule has 0 aromatic heterocycles. The van der Waals surface area contributed by atoms with Crippen LogP contribution in [0.4, 0.5) is 0 Å². The Kier molecular flexibility index (Phi) is 2.38. The van der Waals surface area contributed by atoms with Gasteiger partial charge in [0.2, 0.25) is 0 Å². The highest BCUT2D eigenvalue weighted by Crippen LogP contribution is 2.72. The molecule has 3 heteroatoms. The summed E-state index contributed by atoms with van der Waals surface area (Å²) in [5.41, 5.74) is 1.70. The molecule has 0 heterocycles. The smallest absolute Gasteiger partial charge is 0.0793 e. The van der Waals surface area contributed by atoms with E-state index in [0.29, 0.717) is 12.8 Å². The van der Waals surface area contributed by atoms with Crippen molar-refractivity contribution >= 4 is 0 Å². The van der Waals surface area contributed by atoms with Gasteiger partial charge in [-0.2, -0.15) is 0 Å². The first kappa shape index (κ1) is 12.6. The van der Waals surface area contributed by atoms with E-state index < -0.39 is 12.2 Å². The van der Waals surface area contributed by atoms with E-state index in [2.05, 4.69) is 20.8 Å². The first-order chi connectivity index (χ1) is 8.25. The fourth-order valence-electron chi connectivity index (χ4n) is 5.37. The minimum atomic E-state index is -0.489. The van der Waals surface area contributed by atoms with Crippen LogP contribution in [0.15, 0.2) is 11.1 Å². The lowest BCUT2D eigenvalue weighted by molar-refractivity contribution is -0.102. The molecule has 0 saturated heterocycles. The maximum Gasteiger partial charge on any atom is 0.0793 e. The molecule has 0 radical (unpaired) electrons. The number of hydrogen-bond acceptors (Lipinski definition) is 3. The van der Waals surface area contributed by atoms with Gasteiger partial charge in [-0.05, 0) is 48.2 Å². The van der Waals surface area contributed by atoms with E-state index in [9.17, 15) is 15.3 Å². The van der Waals surface area contributed by atoms with Crippen molar-refractivity contribution in [3.05, 3.63) is 11.1 Å². The summed E-state index contributed by atoms with van der Waals surface area (Å²) >= 11 is 0. The summed E-state index contributed by atoms with van der Waals surface area (Å²) in [6, 6.07) is 0. The normalized spacial score (nSPS) is 53.8. The second-order valence-corrected chi connectivity index (χ2v) is 7.15. The Morgan fingerprint density at radius 2 is 1.78 bits per heavy atom. The average molecular weight is 252 g/mol. The van der Waals surface area contributed by atoms with Crippen molar-refractivity contribution in [1.29, 1.82) is 0 Å². The highest BCUT2D eigenvalue weighted by atomic mass is 16.3. The van der Waals surface area contributed by atoms with Gasteiger partial charge >= 0.3 is 0 Å². The van der Waals surface area contributed by atoms with Crippen molar-refractivity contribution in [2.45, 2.75) is 58.8 Å². The molecule has 0 aromatic rings. The summed E-state index contributed by atoms with van der Waals surface area (Å²) in [5, 5.41) is 31.2. The third-order valence-corrected chi connectivity index (χ3v) is 6.52. The molecule has 3 N–H and O–H groups in total. The zero-order valence-corrected chi connectivity index (χ0v) is 11.6. The van der Waals surface area contributed by atoms with E-state index >= 15 is 0 Å². The quantitative estimate of drug-likeness (QED) is 0.572. The Balaban J connectivity index is 2.26. The summed E-state index contributed by atoms with van der Waals surface area (Å²) in [6.45, 7) is 8.41. The van der Waals surface area contributed by atoms with Gasteiger partial charge in [0.15, 0.2) is 0 Å². The molecule has 0 aliphatic heterocycles. The summed E-state index contributed by atoms with van der Waals surface area (Å²) in [6.07, 6.45) is 0.0179. The Labute approximate surface area is 109 Å². The highest BCUT2D eigenvalue weighted by Gasteiger charge is 2.70. The van der Waals surface area contributed by atoms with E-state index in [4.69, 9.17) is 0 Å². The van der Waals surface area contributed by atoms with Gasteiger partial charge in [-0.1, -0.05) is 20.8 Å². The van der Waals surface area contributed by atoms with E-state index in [1.165, 1.54) is 0 Å². The number of aliphatic hydroxyl groups is 3. The van der Waals surface area contributed by atoms with Gasteiger partial charge in [-0.3, -0.25) is 0 Å². The molecule has 3 aliphatic carbocycles. The fourth-order valence-corrected chi connectivity index (χ4v) is 5.37. The molecule has 3 rings (SSSR count). The van der Waals surface area contributed by atoms with Gasteiger partial charge < -0.3 is 15.3 Å². The van der Waals surface area contributed by atoms with E-state index in [1.807, 2.05) is 6.92 Å². The summed E-state index contributed by atoms with van der Waals surface area (Å²) in [7, 11) is 0. The molecule has 18 heavy (non-hydrogen) atoms. The van der Waals surface area contributed by atoms with E-state index in [-0.39, 0.29) is 28.8 Å². The molecule has 2 saturated carbocycles. The lowest BCUT2D eigenvalue weighted by Crippen LogP contribution is -2.51. The van der Waals surface area contributed by atoms with Gasteiger partial charge in [0, 0.05) is 5.41 Å². The lowest BCUT2D eigenvalue weighted by Gasteiger charge is -2.53. The minimum Gasteiger partial charge on any atom is -0.393 e. The Hall–Kier alpha value is -0.380. The number of hydrogen-bond donors (Lipinski definition) is 3. The molecule has 102 valence electrons. The van der Waals surface area contributed by atoms with Gasteiger partial charge in [0.25, 0.3) is 0 Å². The van der Waals surface area contributed by atoms with Crippen LogP contribution in [0.2, 0.25) is 0 Å². The topological polar surface area (TPSA) is 60.7 Å². The van der Waals surface area contributed by atoms with Crippen LogP contribution >= 0.6 is 0 Å². The predicted octanol–water partition coefficient (Wildman–Crippen LogP) is 1.47. The van der Waals surface area contributed by atoms with Crippen molar-refractivity contribution in [2.75, 3.05) is 0 Å². The molecular weight excluding hydrogens is 228 g/mol. The van der Waals surface area contributed by atoms with Crippen LogP contribution in [-0.2, 0) is 0 Å². The summed E-state index contributed by atoms with van der Waals surface area (Å²) < 4.78 is 0. The lowest BCUT2D eigenvalue weighted by atomic mass is 9.52. The molecule has 3 aliphatic rings. The predicted molar refractivity (Wildman–Crippen MR) is 68.8 cm³/mol. The van der Waals surface area contributed by atoms with Gasteiger partial charge in [0.1, 0.15) is 0 Å². The first-order valence-electron chi connectivity index (χ1n) is 7.00. The monoisotopic (exact) mass is 252 g/mol. The molecule has 0 aromatic carbocycles. The first-order valence-corrected chi connectivity index (χ1v) is 7.00. The third-order valence-electron chi connectivity index (χ3n) is 6.52. The van der Waals surface area contributed by atoms with Crippen LogP contribution in [0.5, 0.6) is 0 Å². The molecule has 2 bridgehead atoms. The summed E-state index contributed by atoms with van der Waals surface area (Å²) in [4.78, 5) is 0. The molecule has 3 nitrogen and oxygen atoms in total. The van der Waals surface area contributed by atoms with Crippen LogP contribution < -0.4 is 0 Å². The fraction of sp³-hybridized carbons (Fsp3) is 0.867. The van der Waals surface area contributed by atoms with Gasteiger partial charge in [-0.25, -0.2) is 0 Å². The van der Waals surface area contributed by atoms with E-state index in [0.717, 1.165) is 11.1 Å². The number of rotatable bonds is 0. The third kappa shape index (κ3) is 1.08. The number of fused-ring (bicyclic) bond motifs is 1. The maximum atomic E-state index is 10.6. The SMILES string of the molecule is CC1=C2C(O)C3CC(O)C(C)C2(CC1O)C3(C)C. The Bertz CT molecular complexity index is 425. The highest BCUT2D eigenvalue weighted by molar-refractivity contribution is 5.44. The Morgan fingerprint density at radius 1 is 1.17 bits per heavy atom. The van der Waals surface area contributed by atoms with Gasteiger partial charge in [0.05, 0.1) is 18.3 Å². The standard InChI is InChI=1S/C15H24O3/c1-7-11(17)6-15-8(2)10(16)5-9(14(15,3)4)13(18)12(7)15/h8-11,13,16-18H,5-6H2,1-4H3. The number of aliphatic hydroxyl groups excluding tert-OH is 3. The second-order valence-electron chi connectivity index (χ2n) is 7.15. The van der Waals surface area contributed by atoms with E-state index in [1.54, 1.807) is 0 Å². The molecule has 6 atom stereocenters. The van der Waals surface area contributed by atoms with Crippen LogP contribution in [0.3, 0.4) is 0 Å². The van der Waals surface area contributed by atoms with Crippen molar-refractivity contribution in [3.8, 4) is 0 Å². The zero-order valence-electron chi connectivity index (χ0n) is 11.6.